The van der Waals surface area contributed by atoms with Gasteiger partial charge in [0.25, 0.3) is 0 Å². The van der Waals surface area contributed by atoms with E-state index in [1.54, 1.807) is 7.11 Å². The second-order valence-corrected chi connectivity index (χ2v) is 8.30. The number of para-hydroxylation sites is 1. The number of rotatable bonds is 9. The number of ether oxygens (including phenoxy) is 1. The van der Waals surface area contributed by atoms with Crippen molar-refractivity contribution in [3.8, 4) is 11.4 Å². The third-order valence-corrected chi connectivity index (χ3v) is 6.03. The second kappa shape index (κ2) is 9.63. The van der Waals surface area contributed by atoms with Gasteiger partial charge >= 0.3 is 0 Å². The molecule has 0 atom stereocenters. The smallest absolute Gasteiger partial charge is 0.227 e. The van der Waals surface area contributed by atoms with E-state index in [4.69, 9.17) is 10.5 Å². The van der Waals surface area contributed by atoms with Crippen LogP contribution in [0.5, 0.6) is 5.75 Å². The number of hydrogen-bond acceptors (Lipinski definition) is 8. The Morgan fingerprint density at radius 3 is 2.81 bits per heavy atom. The highest BCUT2D eigenvalue weighted by molar-refractivity contribution is 7.99. The SMILES string of the molecule is COc1cccc(-n2c(Cc3csc(Nc4ccccc4)n3)nnc2SCC(N)=O)c1. The van der Waals surface area contributed by atoms with E-state index >= 15 is 0 Å². The van der Waals surface area contributed by atoms with Crippen LogP contribution in [0.4, 0.5) is 10.8 Å². The third-order valence-electron chi connectivity index (χ3n) is 4.27. The Morgan fingerprint density at radius 1 is 1.19 bits per heavy atom. The first kappa shape index (κ1) is 20.9. The highest BCUT2D eigenvalue weighted by Gasteiger charge is 2.17. The van der Waals surface area contributed by atoms with Crippen molar-refractivity contribution >= 4 is 39.8 Å². The van der Waals surface area contributed by atoms with Crippen LogP contribution in [-0.4, -0.2) is 38.5 Å². The number of nitrogens with two attached hydrogens (primary N) is 1. The van der Waals surface area contributed by atoms with Gasteiger partial charge in [0.2, 0.25) is 5.91 Å². The van der Waals surface area contributed by atoms with Crippen molar-refractivity contribution in [1.29, 1.82) is 0 Å². The number of nitrogens with zero attached hydrogens (tertiary/aromatic N) is 4. The summed E-state index contributed by atoms with van der Waals surface area (Å²) in [5, 5.41) is 15.3. The quantitative estimate of drug-likeness (QED) is 0.373. The molecule has 4 aromatic rings. The molecule has 0 unspecified atom stereocenters. The van der Waals surface area contributed by atoms with Crippen LogP contribution >= 0.6 is 23.1 Å². The highest BCUT2D eigenvalue weighted by atomic mass is 32.2. The summed E-state index contributed by atoms with van der Waals surface area (Å²) in [5.41, 5.74) is 8.00. The molecule has 8 nitrogen and oxygen atoms in total. The Labute approximate surface area is 187 Å². The number of thiazole rings is 1. The number of carbonyl (C=O) groups is 1. The van der Waals surface area contributed by atoms with Crippen LogP contribution in [0.2, 0.25) is 0 Å². The topological polar surface area (TPSA) is 108 Å². The highest BCUT2D eigenvalue weighted by Crippen LogP contribution is 2.27. The first-order valence-corrected chi connectivity index (χ1v) is 11.2. The number of nitrogens with one attached hydrogen (secondary N) is 1. The number of methoxy groups -OCH3 is 1. The maximum Gasteiger partial charge on any atom is 0.227 e. The lowest BCUT2D eigenvalue weighted by Gasteiger charge is -2.10. The number of primary amides is 1. The van der Waals surface area contributed by atoms with Crippen LogP contribution in [0, 0.1) is 0 Å². The normalized spacial score (nSPS) is 10.7. The van der Waals surface area contributed by atoms with Crippen molar-refractivity contribution in [2.24, 2.45) is 5.73 Å². The summed E-state index contributed by atoms with van der Waals surface area (Å²) < 4.78 is 7.26. The van der Waals surface area contributed by atoms with Gasteiger partial charge in [0.05, 0.1) is 30.7 Å². The molecule has 31 heavy (non-hydrogen) atoms. The van der Waals surface area contributed by atoms with Crippen molar-refractivity contribution in [1.82, 2.24) is 19.7 Å². The van der Waals surface area contributed by atoms with Crippen LogP contribution in [0.3, 0.4) is 0 Å². The van der Waals surface area contributed by atoms with Gasteiger partial charge in [-0.25, -0.2) is 4.98 Å². The van der Waals surface area contributed by atoms with Gasteiger partial charge in [0.15, 0.2) is 10.3 Å². The second-order valence-electron chi connectivity index (χ2n) is 6.50. The predicted octanol–water partition coefficient (Wildman–Crippen LogP) is 3.64. The third kappa shape index (κ3) is 5.22. The Balaban J connectivity index is 1.61. The molecule has 0 aliphatic heterocycles. The zero-order chi connectivity index (χ0) is 21.6. The molecule has 0 bridgehead atoms. The van der Waals surface area contributed by atoms with Crippen molar-refractivity contribution in [2.75, 3.05) is 18.2 Å². The predicted molar refractivity (Wildman–Crippen MR) is 122 cm³/mol. The van der Waals surface area contributed by atoms with Gasteiger partial charge in [-0.15, -0.1) is 21.5 Å². The average Bonchev–Trinajstić information content (AvgIpc) is 3.40. The number of carbonyl (C=O) groups excluding carboxylic acids is 1. The largest absolute Gasteiger partial charge is 0.497 e. The van der Waals surface area contributed by atoms with E-state index in [1.165, 1.54) is 23.1 Å². The summed E-state index contributed by atoms with van der Waals surface area (Å²) in [6, 6.07) is 17.5. The maximum atomic E-state index is 11.3. The standard InChI is InChI=1S/C21H20N6O2S2/c1-29-17-9-5-8-16(11-17)27-19(25-26-21(27)31-13-18(22)28)10-15-12-30-20(24-15)23-14-6-3-2-4-7-14/h2-9,11-12H,10,13H2,1H3,(H2,22,28)(H,23,24). The molecule has 3 N–H and O–H groups in total. The molecule has 0 saturated carbocycles. The summed E-state index contributed by atoms with van der Waals surface area (Å²) in [5.74, 6) is 1.12. The van der Waals surface area contributed by atoms with E-state index < -0.39 is 5.91 Å². The number of amides is 1. The monoisotopic (exact) mass is 452 g/mol. The van der Waals surface area contributed by atoms with Gasteiger partial charge in [0.1, 0.15) is 11.6 Å². The number of benzene rings is 2. The lowest BCUT2D eigenvalue weighted by molar-refractivity contribution is -0.115. The van der Waals surface area contributed by atoms with Gasteiger partial charge < -0.3 is 15.8 Å². The summed E-state index contributed by atoms with van der Waals surface area (Å²) in [6.45, 7) is 0. The number of hydrogen-bond donors (Lipinski definition) is 2. The van der Waals surface area contributed by atoms with Gasteiger partial charge in [-0.1, -0.05) is 36.0 Å². The summed E-state index contributed by atoms with van der Waals surface area (Å²) in [7, 11) is 1.62. The molecule has 0 radical (unpaired) electrons. The fourth-order valence-corrected chi connectivity index (χ4v) is 4.35. The molecule has 0 aliphatic rings. The maximum absolute atomic E-state index is 11.3. The van der Waals surface area contributed by atoms with Crippen LogP contribution in [-0.2, 0) is 11.2 Å². The summed E-state index contributed by atoms with van der Waals surface area (Å²) >= 11 is 2.77. The van der Waals surface area contributed by atoms with Gasteiger partial charge in [-0.05, 0) is 24.3 Å². The molecule has 2 aromatic heterocycles. The molecule has 10 heteroatoms. The van der Waals surface area contributed by atoms with Crippen molar-refractivity contribution in [3.63, 3.8) is 0 Å². The van der Waals surface area contributed by atoms with Gasteiger partial charge in [-0.3, -0.25) is 9.36 Å². The molecular formula is C21H20N6O2S2. The molecule has 4 rings (SSSR count). The van der Waals surface area contributed by atoms with Crippen LogP contribution in [0.15, 0.2) is 65.1 Å². The molecule has 0 saturated heterocycles. The number of aromatic nitrogens is 4. The van der Waals surface area contributed by atoms with Crippen LogP contribution < -0.4 is 15.8 Å². The fourth-order valence-electron chi connectivity index (χ4n) is 2.91. The molecule has 1 amide bonds. The zero-order valence-electron chi connectivity index (χ0n) is 16.7. The van der Waals surface area contributed by atoms with E-state index in [0.717, 1.165) is 22.2 Å². The summed E-state index contributed by atoms with van der Waals surface area (Å²) in [6.07, 6.45) is 0.480. The van der Waals surface area contributed by atoms with E-state index in [9.17, 15) is 4.79 Å². The van der Waals surface area contributed by atoms with Crippen LogP contribution in [0.1, 0.15) is 11.5 Å². The lowest BCUT2D eigenvalue weighted by Crippen LogP contribution is -2.14. The van der Waals surface area contributed by atoms with Gasteiger partial charge in [0, 0.05) is 17.1 Å². The number of thioether (sulfide) groups is 1. The van der Waals surface area contributed by atoms with E-state index in [0.29, 0.717) is 23.2 Å². The average molecular weight is 453 g/mol. The van der Waals surface area contributed by atoms with E-state index in [2.05, 4.69) is 20.5 Å². The Bertz CT molecular complexity index is 1180. The minimum absolute atomic E-state index is 0.115. The molecular weight excluding hydrogens is 432 g/mol. The molecule has 158 valence electrons. The summed E-state index contributed by atoms with van der Waals surface area (Å²) in [4.78, 5) is 16.0. The van der Waals surface area contributed by atoms with Crippen molar-refractivity contribution < 1.29 is 9.53 Å². The minimum Gasteiger partial charge on any atom is -0.497 e. The molecule has 0 spiro atoms. The van der Waals surface area contributed by atoms with E-state index in [-0.39, 0.29) is 5.75 Å². The minimum atomic E-state index is -0.414. The first-order valence-electron chi connectivity index (χ1n) is 9.38. The van der Waals surface area contributed by atoms with Crippen molar-refractivity contribution in [3.05, 3.63) is 71.5 Å². The Hall–Kier alpha value is -3.37. The zero-order valence-corrected chi connectivity index (χ0v) is 18.3. The lowest BCUT2D eigenvalue weighted by atomic mass is 10.2. The first-order chi connectivity index (χ1) is 15.1. The molecule has 0 aliphatic carbocycles. The number of anilines is 2. The molecule has 0 fully saturated rings. The Morgan fingerprint density at radius 2 is 2.03 bits per heavy atom. The van der Waals surface area contributed by atoms with Gasteiger partial charge in [-0.2, -0.15) is 0 Å². The molecule has 2 aromatic carbocycles. The fraction of sp³-hybridized carbons (Fsp3) is 0.143. The Kier molecular flexibility index (Phi) is 6.48. The van der Waals surface area contributed by atoms with Crippen molar-refractivity contribution in [2.45, 2.75) is 11.6 Å². The molecule has 2 heterocycles. The van der Waals surface area contributed by atoms with Crippen LogP contribution in [0.25, 0.3) is 5.69 Å². The van der Waals surface area contributed by atoms with E-state index in [1.807, 2.05) is 64.5 Å².